The second-order valence-corrected chi connectivity index (χ2v) is 5.26. The highest BCUT2D eigenvalue weighted by Crippen LogP contribution is 2.29. The van der Waals surface area contributed by atoms with Crippen LogP contribution < -0.4 is 15.4 Å². The minimum Gasteiger partial charge on any atom is -0.496 e. The fraction of sp³-hybridized carbons (Fsp3) is 0.125. The number of ketones is 1. The van der Waals surface area contributed by atoms with Crippen LogP contribution >= 0.6 is 12.2 Å². The first-order valence-electron chi connectivity index (χ1n) is 6.92. The van der Waals surface area contributed by atoms with E-state index in [-0.39, 0.29) is 22.3 Å². The summed E-state index contributed by atoms with van der Waals surface area (Å²) in [6.45, 7) is 1.48. The molecule has 0 aromatic heterocycles. The van der Waals surface area contributed by atoms with Gasteiger partial charge in [-0.3, -0.25) is 14.9 Å². The number of hydrogen-bond donors (Lipinski definition) is 2. The van der Waals surface area contributed by atoms with Crippen molar-refractivity contribution in [2.24, 2.45) is 0 Å². The van der Waals surface area contributed by atoms with Crippen LogP contribution in [0.25, 0.3) is 0 Å². The maximum Gasteiger partial charge on any atom is 0.296 e. The van der Waals surface area contributed by atoms with Crippen molar-refractivity contribution in [2.75, 3.05) is 17.7 Å². The highest BCUT2D eigenvalue weighted by atomic mass is 32.1. The van der Waals surface area contributed by atoms with Crippen molar-refractivity contribution in [3.8, 4) is 5.75 Å². The summed E-state index contributed by atoms with van der Waals surface area (Å²) in [6, 6.07) is 11.2. The lowest BCUT2D eigenvalue weighted by Gasteiger charge is -2.11. The molecule has 2 aromatic carbocycles. The molecule has 7 nitrogen and oxygen atoms in total. The van der Waals surface area contributed by atoms with Crippen LogP contribution in [0.5, 0.6) is 5.75 Å². The summed E-state index contributed by atoms with van der Waals surface area (Å²) in [5.74, 6) is 0.349. The van der Waals surface area contributed by atoms with E-state index in [0.29, 0.717) is 17.0 Å². The normalized spacial score (nSPS) is 9.92. The highest BCUT2D eigenvalue weighted by Gasteiger charge is 2.16. The molecule has 8 heteroatoms. The molecule has 0 heterocycles. The molecule has 0 unspecified atom stereocenters. The largest absolute Gasteiger partial charge is 0.496 e. The van der Waals surface area contributed by atoms with Gasteiger partial charge in [-0.1, -0.05) is 0 Å². The van der Waals surface area contributed by atoms with Gasteiger partial charge >= 0.3 is 0 Å². The van der Waals surface area contributed by atoms with Crippen molar-refractivity contribution in [1.82, 2.24) is 0 Å². The van der Waals surface area contributed by atoms with Crippen LogP contribution in [-0.4, -0.2) is 22.9 Å². The Labute approximate surface area is 143 Å². The SMILES string of the molecule is COc1ccc(NC(=S)Nc2ccc(C(C)=O)cc2)c([N+](=O)[O-])c1. The summed E-state index contributed by atoms with van der Waals surface area (Å²) in [6.07, 6.45) is 0. The number of nitrogens with one attached hydrogen (secondary N) is 2. The molecule has 2 N–H and O–H groups in total. The van der Waals surface area contributed by atoms with Gasteiger partial charge in [0.15, 0.2) is 10.9 Å². The zero-order valence-electron chi connectivity index (χ0n) is 13.0. The third kappa shape index (κ3) is 4.26. The van der Waals surface area contributed by atoms with Crippen LogP contribution in [0.3, 0.4) is 0 Å². The average Bonchev–Trinajstić information content (AvgIpc) is 2.55. The quantitative estimate of drug-likeness (QED) is 0.370. The highest BCUT2D eigenvalue weighted by molar-refractivity contribution is 7.80. The number of carbonyl (C=O) groups excluding carboxylic acids is 1. The summed E-state index contributed by atoms with van der Waals surface area (Å²) in [7, 11) is 1.43. The molecule has 2 rings (SSSR count). The molecule has 0 aliphatic carbocycles. The molecule has 0 aliphatic rings. The van der Waals surface area contributed by atoms with Gasteiger partial charge in [-0.25, -0.2) is 0 Å². The summed E-state index contributed by atoms with van der Waals surface area (Å²) in [4.78, 5) is 21.9. The number of rotatable bonds is 5. The second-order valence-electron chi connectivity index (χ2n) is 4.85. The maximum absolute atomic E-state index is 11.2. The van der Waals surface area contributed by atoms with Crippen LogP contribution in [0.2, 0.25) is 0 Å². The fourth-order valence-electron chi connectivity index (χ4n) is 1.97. The van der Waals surface area contributed by atoms with E-state index in [1.807, 2.05) is 0 Å². The predicted molar refractivity (Wildman–Crippen MR) is 95.9 cm³/mol. The fourth-order valence-corrected chi connectivity index (χ4v) is 2.20. The van der Waals surface area contributed by atoms with Gasteiger partial charge in [-0.15, -0.1) is 0 Å². The first kappa shape index (κ1) is 17.4. The monoisotopic (exact) mass is 345 g/mol. The lowest BCUT2D eigenvalue weighted by Crippen LogP contribution is -2.19. The van der Waals surface area contributed by atoms with E-state index in [4.69, 9.17) is 17.0 Å². The van der Waals surface area contributed by atoms with Crippen molar-refractivity contribution in [1.29, 1.82) is 0 Å². The van der Waals surface area contributed by atoms with Crippen molar-refractivity contribution < 1.29 is 14.5 Å². The number of hydrogen-bond acceptors (Lipinski definition) is 5. The van der Waals surface area contributed by atoms with E-state index < -0.39 is 4.92 Å². The molecule has 0 amide bonds. The number of methoxy groups -OCH3 is 1. The Morgan fingerprint density at radius 2 is 1.83 bits per heavy atom. The van der Waals surface area contributed by atoms with Crippen molar-refractivity contribution in [3.63, 3.8) is 0 Å². The molecule has 0 atom stereocenters. The third-order valence-corrected chi connectivity index (χ3v) is 3.40. The van der Waals surface area contributed by atoms with Crippen LogP contribution in [0.1, 0.15) is 17.3 Å². The Morgan fingerprint density at radius 1 is 1.17 bits per heavy atom. The molecule has 0 fully saturated rings. The molecule has 0 spiro atoms. The van der Waals surface area contributed by atoms with Crippen molar-refractivity contribution in [2.45, 2.75) is 6.92 Å². The predicted octanol–water partition coefficient (Wildman–Crippen LogP) is 3.61. The Kier molecular flexibility index (Phi) is 5.43. The van der Waals surface area contributed by atoms with E-state index in [1.54, 1.807) is 30.3 Å². The Bertz CT molecular complexity index is 790. The van der Waals surface area contributed by atoms with Crippen LogP contribution in [0.15, 0.2) is 42.5 Å². The number of carbonyl (C=O) groups is 1. The molecular weight excluding hydrogens is 330 g/mol. The minimum atomic E-state index is -0.519. The van der Waals surface area contributed by atoms with E-state index >= 15 is 0 Å². The molecular formula is C16H15N3O4S. The van der Waals surface area contributed by atoms with Crippen molar-refractivity contribution in [3.05, 3.63) is 58.1 Å². The van der Waals surface area contributed by atoms with E-state index in [2.05, 4.69) is 10.6 Å². The van der Waals surface area contributed by atoms with Gasteiger partial charge in [0.05, 0.1) is 18.1 Å². The zero-order chi connectivity index (χ0) is 17.7. The first-order chi connectivity index (χ1) is 11.4. The molecule has 0 aliphatic heterocycles. The third-order valence-electron chi connectivity index (χ3n) is 3.20. The maximum atomic E-state index is 11.2. The van der Waals surface area contributed by atoms with E-state index in [0.717, 1.165) is 0 Å². The van der Waals surface area contributed by atoms with E-state index in [1.165, 1.54) is 26.2 Å². The number of Topliss-reactive ketones (excluding diaryl/α,β-unsaturated/α-hetero) is 1. The van der Waals surface area contributed by atoms with Gasteiger partial charge in [0.25, 0.3) is 5.69 Å². The van der Waals surface area contributed by atoms with Crippen LogP contribution in [0.4, 0.5) is 17.1 Å². The Morgan fingerprint density at radius 3 is 2.38 bits per heavy atom. The minimum absolute atomic E-state index is 0.0314. The van der Waals surface area contributed by atoms with Gasteiger partial charge in [0, 0.05) is 11.3 Å². The molecule has 0 bridgehead atoms. The van der Waals surface area contributed by atoms with Crippen LogP contribution in [0, 0.1) is 10.1 Å². The number of nitro benzene ring substituents is 1. The summed E-state index contributed by atoms with van der Waals surface area (Å²) in [5.41, 5.74) is 1.35. The number of nitro groups is 1. The van der Waals surface area contributed by atoms with Gasteiger partial charge < -0.3 is 15.4 Å². The Hall–Kier alpha value is -3.00. The lowest BCUT2D eigenvalue weighted by molar-refractivity contribution is -0.384. The number of nitrogens with zero attached hydrogens (tertiary/aromatic N) is 1. The summed E-state index contributed by atoms with van der Waals surface area (Å²) >= 11 is 5.17. The second kappa shape index (κ2) is 7.51. The van der Waals surface area contributed by atoms with Gasteiger partial charge in [-0.2, -0.15) is 0 Å². The lowest BCUT2D eigenvalue weighted by atomic mass is 10.1. The average molecular weight is 345 g/mol. The molecule has 0 saturated heterocycles. The van der Waals surface area contributed by atoms with Crippen molar-refractivity contribution >= 4 is 40.2 Å². The summed E-state index contributed by atoms with van der Waals surface area (Å²) in [5, 5.41) is 17.0. The van der Waals surface area contributed by atoms with Crippen LogP contribution in [-0.2, 0) is 0 Å². The molecule has 24 heavy (non-hydrogen) atoms. The van der Waals surface area contributed by atoms with Gasteiger partial charge in [0.2, 0.25) is 0 Å². The number of anilines is 2. The zero-order valence-corrected chi connectivity index (χ0v) is 13.8. The molecule has 0 saturated carbocycles. The topological polar surface area (TPSA) is 93.5 Å². The number of ether oxygens (including phenoxy) is 1. The van der Waals surface area contributed by atoms with Gasteiger partial charge in [-0.05, 0) is 55.5 Å². The van der Waals surface area contributed by atoms with E-state index in [9.17, 15) is 14.9 Å². The first-order valence-corrected chi connectivity index (χ1v) is 7.33. The molecule has 124 valence electrons. The smallest absolute Gasteiger partial charge is 0.296 e. The number of thiocarbonyl (C=S) groups is 1. The standard InChI is InChI=1S/C16H15N3O4S/c1-10(20)11-3-5-12(6-4-11)17-16(24)18-14-8-7-13(23-2)9-15(14)19(21)22/h3-9H,1-2H3,(H2,17,18,24). The van der Waals surface area contributed by atoms with Gasteiger partial charge in [0.1, 0.15) is 11.4 Å². The number of benzene rings is 2. The summed E-state index contributed by atoms with van der Waals surface area (Å²) < 4.78 is 4.98. The molecule has 0 radical (unpaired) electrons. The Balaban J connectivity index is 2.12. The molecule has 2 aromatic rings.